The third-order valence-electron chi connectivity index (χ3n) is 1.31. The Hall–Kier alpha value is 0.00870. The molecule has 1 aromatic rings. The Bertz CT molecular complexity index is 160. The molecule has 0 bridgehead atoms. The molecular weight excluding hydrogens is 231 g/mol. The van der Waals surface area contributed by atoms with Gasteiger partial charge in [-0.25, -0.2) is 0 Å². The van der Waals surface area contributed by atoms with Gasteiger partial charge in [-0.1, -0.05) is 0 Å². The zero-order valence-electron chi connectivity index (χ0n) is 6.25. The van der Waals surface area contributed by atoms with E-state index in [9.17, 15) is 0 Å². The van der Waals surface area contributed by atoms with Crippen molar-refractivity contribution in [3.8, 4) is 0 Å². The Morgan fingerprint density at radius 1 is 1.60 bits per heavy atom. The van der Waals surface area contributed by atoms with Gasteiger partial charge < -0.3 is 0 Å². The van der Waals surface area contributed by atoms with Crippen molar-refractivity contribution in [2.45, 2.75) is 24.2 Å². The molecule has 0 amide bonds. The molecule has 2 radical (unpaired) electrons. The van der Waals surface area contributed by atoms with Crippen molar-refractivity contribution in [3.05, 3.63) is 18.5 Å². The van der Waals surface area contributed by atoms with E-state index in [-0.39, 0.29) is 21.4 Å². The van der Waals surface area contributed by atoms with Crippen LogP contribution in [0.1, 0.15) is 19.8 Å². The molecule has 0 fully saturated rings. The first-order chi connectivity index (χ1) is 4.93. The number of nitrogens with zero attached hydrogens (tertiary/aromatic N) is 2. The summed E-state index contributed by atoms with van der Waals surface area (Å²) in [5, 5.41) is 4.18. The molecule has 0 aliphatic carbocycles. The molecule has 1 heterocycles. The van der Waals surface area contributed by atoms with E-state index in [2.05, 4.69) is 21.1 Å². The Kier molecular flexibility index (Phi) is 3.87. The second-order valence-electron chi connectivity index (χ2n) is 2.21. The van der Waals surface area contributed by atoms with Gasteiger partial charge in [-0.2, -0.15) is 0 Å². The van der Waals surface area contributed by atoms with Crippen molar-refractivity contribution < 1.29 is 0 Å². The second-order valence-corrected chi connectivity index (χ2v) is 5.85. The van der Waals surface area contributed by atoms with Gasteiger partial charge in [0.1, 0.15) is 0 Å². The van der Waals surface area contributed by atoms with Crippen LogP contribution < -0.4 is 0 Å². The van der Waals surface area contributed by atoms with Crippen LogP contribution in [0.25, 0.3) is 0 Å². The summed E-state index contributed by atoms with van der Waals surface area (Å²) in [5.74, 6) is 0. The van der Waals surface area contributed by atoms with Gasteiger partial charge >= 0.3 is 72.1 Å². The van der Waals surface area contributed by atoms with Gasteiger partial charge in [0.25, 0.3) is 0 Å². The van der Waals surface area contributed by atoms with Gasteiger partial charge in [0.2, 0.25) is 0 Å². The van der Waals surface area contributed by atoms with Crippen molar-refractivity contribution in [1.82, 2.24) is 8.00 Å². The molecule has 2 nitrogen and oxygen atoms in total. The maximum absolute atomic E-state index is 4.18. The standard InChI is InChI=1S/C4H9.C3H3N2.Sn/c1-3-4-2;1-2-4-5-3-1;/h1,3-4H2,2H3;1-3H;/q;-1;+1. The molecule has 1 rings (SSSR count). The quantitative estimate of drug-likeness (QED) is 0.579. The van der Waals surface area contributed by atoms with E-state index in [4.69, 9.17) is 0 Å². The first-order valence-corrected chi connectivity index (χ1v) is 6.96. The minimum atomic E-state index is -0.331. The zero-order chi connectivity index (χ0) is 7.23. The molecule has 0 aromatic carbocycles. The fraction of sp³-hybridized carbons (Fsp3) is 0.571. The Morgan fingerprint density at radius 3 is 3.10 bits per heavy atom. The predicted octanol–water partition coefficient (Wildman–Crippen LogP) is 1.57. The van der Waals surface area contributed by atoms with Crippen LogP contribution in [0, 0.1) is 0 Å². The average molecular weight is 243 g/mol. The third kappa shape index (κ3) is 2.73. The zero-order valence-corrected chi connectivity index (χ0v) is 9.10. The third-order valence-corrected chi connectivity index (χ3v) is 4.64. The van der Waals surface area contributed by atoms with Crippen LogP contribution in [0.2, 0.25) is 4.44 Å². The normalized spacial score (nSPS) is 10.1. The monoisotopic (exact) mass is 244 g/mol. The number of unbranched alkanes of at least 4 members (excludes halogenated alkanes) is 1. The molecule has 0 atom stereocenters. The molecule has 1 aromatic heterocycles. The molecule has 10 heavy (non-hydrogen) atoms. The van der Waals surface area contributed by atoms with Crippen LogP contribution in [0.4, 0.5) is 0 Å². The summed E-state index contributed by atoms with van der Waals surface area (Å²) in [4.78, 5) is 0. The summed E-state index contributed by atoms with van der Waals surface area (Å²) in [5.41, 5.74) is 0. The molecule has 0 unspecified atom stereocenters. The molecule has 0 saturated heterocycles. The number of aromatic nitrogens is 2. The number of hydrogen-bond donors (Lipinski definition) is 0. The summed E-state index contributed by atoms with van der Waals surface area (Å²) in [7, 11) is 0. The molecule has 0 N–H and O–H groups in total. The van der Waals surface area contributed by atoms with E-state index in [0.29, 0.717) is 0 Å². The van der Waals surface area contributed by atoms with Crippen molar-refractivity contribution >= 4 is 21.4 Å². The van der Waals surface area contributed by atoms with Gasteiger partial charge in [-0.15, -0.1) is 0 Å². The molecule has 54 valence electrons. The summed E-state index contributed by atoms with van der Waals surface area (Å²) in [6, 6.07) is 2.01. The molecule has 0 aliphatic heterocycles. The summed E-state index contributed by atoms with van der Waals surface area (Å²) in [6.45, 7) is 2.24. The fourth-order valence-electron chi connectivity index (χ4n) is 0.733. The van der Waals surface area contributed by atoms with Gasteiger partial charge in [0.05, 0.1) is 0 Å². The van der Waals surface area contributed by atoms with Crippen LogP contribution >= 0.6 is 0 Å². The second kappa shape index (κ2) is 4.77. The van der Waals surface area contributed by atoms with E-state index < -0.39 is 0 Å². The van der Waals surface area contributed by atoms with Crippen molar-refractivity contribution in [2.24, 2.45) is 0 Å². The van der Waals surface area contributed by atoms with Gasteiger partial charge in [0, 0.05) is 0 Å². The first-order valence-electron chi connectivity index (χ1n) is 3.67. The molecule has 0 aliphatic rings. The topological polar surface area (TPSA) is 17.8 Å². The maximum atomic E-state index is 4.18. The Balaban J connectivity index is 2.15. The molecular formula is C7H12N2Sn. The van der Waals surface area contributed by atoms with Crippen LogP contribution in [-0.2, 0) is 0 Å². The van der Waals surface area contributed by atoms with E-state index in [1.807, 2.05) is 12.3 Å². The van der Waals surface area contributed by atoms with Gasteiger partial charge in [-0.3, -0.25) is 0 Å². The van der Waals surface area contributed by atoms with E-state index in [1.165, 1.54) is 17.3 Å². The predicted molar refractivity (Wildman–Crippen MR) is 43.1 cm³/mol. The fourth-order valence-corrected chi connectivity index (χ4v) is 3.82. The van der Waals surface area contributed by atoms with E-state index in [0.717, 1.165) is 0 Å². The molecule has 0 spiro atoms. The van der Waals surface area contributed by atoms with Crippen molar-refractivity contribution in [2.75, 3.05) is 0 Å². The van der Waals surface area contributed by atoms with Crippen LogP contribution in [0.5, 0.6) is 0 Å². The summed E-state index contributed by atoms with van der Waals surface area (Å²) in [6.07, 6.45) is 6.66. The number of rotatable bonds is 4. The van der Waals surface area contributed by atoms with Crippen molar-refractivity contribution in [1.29, 1.82) is 0 Å². The Labute approximate surface area is 72.2 Å². The molecule has 3 heteroatoms. The first kappa shape index (κ1) is 8.11. The van der Waals surface area contributed by atoms with Crippen LogP contribution in [0.15, 0.2) is 18.5 Å². The van der Waals surface area contributed by atoms with Gasteiger partial charge in [-0.05, 0) is 0 Å². The number of hydrogen-bond acceptors (Lipinski definition) is 1. The summed E-state index contributed by atoms with van der Waals surface area (Å²) >= 11 is -0.331. The minimum absolute atomic E-state index is 0.331. The Morgan fingerprint density at radius 2 is 2.50 bits per heavy atom. The van der Waals surface area contributed by atoms with E-state index in [1.54, 1.807) is 0 Å². The van der Waals surface area contributed by atoms with Gasteiger partial charge in [0.15, 0.2) is 0 Å². The van der Waals surface area contributed by atoms with Crippen LogP contribution in [-0.4, -0.2) is 29.4 Å². The SMILES string of the molecule is CCC[CH2][Sn][n]1cccn1. The molecule has 0 saturated carbocycles. The van der Waals surface area contributed by atoms with Crippen molar-refractivity contribution in [3.63, 3.8) is 0 Å². The van der Waals surface area contributed by atoms with E-state index >= 15 is 0 Å². The van der Waals surface area contributed by atoms with Crippen LogP contribution in [0.3, 0.4) is 0 Å². The average Bonchev–Trinajstić information content (AvgIpc) is 2.41. The summed E-state index contributed by atoms with van der Waals surface area (Å²) < 4.78 is 3.57.